The van der Waals surface area contributed by atoms with Crippen LogP contribution in [0.3, 0.4) is 0 Å². The Morgan fingerprint density at radius 3 is 2.74 bits per heavy atom. The lowest BCUT2D eigenvalue weighted by molar-refractivity contribution is 0.543. The lowest BCUT2D eigenvalue weighted by Crippen LogP contribution is -2.29. The largest absolute Gasteiger partial charge is 0.417 e. The van der Waals surface area contributed by atoms with Crippen LogP contribution in [0.4, 0.5) is 0 Å². The number of hydrogen-bond acceptors (Lipinski definition) is 3. The highest BCUT2D eigenvalue weighted by molar-refractivity contribution is 6.12. The molecule has 0 bridgehead atoms. The van der Waals surface area contributed by atoms with Crippen molar-refractivity contribution in [2.75, 3.05) is 0 Å². The van der Waals surface area contributed by atoms with Gasteiger partial charge in [-0.05, 0) is 25.1 Å². The van der Waals surface area contributed by atoms with Gasteiger partial charge in [0.05, 0.1) is 5.52 Å². The van der Waals surface area contributed by atoms with Gasteiger partial charge in [-0.1, -0.05) is 23.8 Å². The van der Waals surface area contributed by atoms with Crippen LogP contribution in [0.2, 0.25) is 0 Å². The molecule has 4 aromatic rings. The third kappa shape index (κ3) is 1.18. The summed E-state index contributed by atoms with van der Waals surface area (Å²) in [6, 6.07) is 11.3. The van der Waals surface area contributed by atoms with Crippen molar-refractivity contribution in [1.29, 1.82) is 0 Å². The number of benzene rings is 2. The second-order valence-electron chi connectivity index (χ2n) is 4.70. The molecular weight excluding hydrogens is 242 g/mol. The second kappa shape index (κ2) is 3.23. The van der Waals surface area contributed by atoms with E-state index in [1.165, 1.54) is 4.40 Å². The Bertz CT molecular complexity index is 1060. The van der Waals surface area contributed by atoms with Crippen LogP contribution in [-0.2, 0) is 0 Å². The minimum absolute atomic E-state index is 0.441. The molecule has 4 rings (SSSR count). The number of nitrogens with zero attached hydrogens (tertiary/aromatic N) is 1. The summed E-state index contributed by atoms with van der Waals surface area (Å²) in [5, 5.41) is 1.89. The van der Waals surface area contributed by atoms with Crippen LogP contribution in [-0.4, -0.2) is 4.40 Å². The molecule has 0 saturated carbocycles. The molecule has 0 atom stereocenters. The Labute approximate surface area is 106 Å². The topological polar surface area (TPSA) is 51.7 Å². The molecule has 0 aliphatic heterocycles. The molecule has 2 heterocycles. The molecular formula is C15H9NO3. The summed E-state index contributed by atoms with van der Waals surface area (Å²) in [6.07, 6.45) is 0. The fourth-order valence-corrected chi connectivity index (χ4v) is 2.68. The molecule has 0 spiro atoms. The molecule has 0 unspecified atom stereocenters. The van der Waals surface area contributed by atoms with Gasteiger partial charge in [0.25, 0.3) is 0 Å². The van der Waals surface area contributed by atoms with Crippen molar-refractivity contribution in [3.05, 3.63) is 62.7 Å². The van der Waals surface area contributed by atoms with Gasteiger partial charge in [-0.3, -0.25) is 9.20 Å². The maximum Gasteiger partial charge on any atom is 0.403 e. The maximum atomic E-state index is 12.1. The van der Waals surface area contributed by atoms with Gasteiger partial charge in [-0.2, -0.15) is 0 Å². The van der Waals surface area contributed by atoms with E-state index < -0.39 is 11.2 Å². The summed E-state index contributed by atoms with van der Waals surface area (Å²) in [7, 11) is 0. The third-order valence-corrected chi connectivity index (χ3v) is 3.49. The highest BCUT2D eigenvalue weighted by atomic mass is 16.4. The maximum absolute atomic E-state index is 12.1. The van der Waals surface area contributed by atoms with Crippen LogP contribution >= 0.6 is 0 Å². The van der Waals surface area contributed by atoms with E-state index in [1.54, 1.807) is 6.07 Å². The van der Waals surface area contributed by atoms with Crippen LogP contribution in [0.5, 0.6) is 0 Å². The van der Waals surface area contributed by atoms with E-state index in [-0.39, 0.29) is 0 Å². The van der Waals surface area contributed by atoms with Crippen LogP contribution in [0.1, 0.15) is 5.56 Å². The van der Waals surface area contributed by atoms with Gasteiger partial charge in [0.2, 0.25) is 0 Å². The standard InChI is InChI=1S/C15H9NO3/c1-8-5-6-11-10(7-8)9-3-2-4-12-13(9)16(11)14(17)15(18)19-12/h2-7H,1H3. The first kappa shape index (κ1) is 10.3. The van der Waals surface area contributed by atoms with Crippen molar-refractivity contribution >= 4 is 27.4 Å². The molecule has 0 N–H and O–H groups in total. The van der Waals surface area contributed by atoms with E-state index in [4.69, 9.17) is 4.42 Å². The Kier molecular flexibility index (Phi) is 1.75. The van der Waals surface area contributed by atoms with Crippen LogP contribution < -0.4 is 11.2 Å². The molecule has 2 aromatic carbocycles. The number of fused-ring (bicyclic) bond motifs is 3. The monoisotopic (exact) mass is 251 g/mol. The summed E-state index contributed by atoms with van der Waals surface area (Å²) in [5.74, 6) is 0. The summed E-state index contributed by atoms with van der Waals surface area (Å²) in [4.78, 5) is 23.7. The zero-order valence-corrected chi connectivity index (χ0v) is 10.1. The zero-order valence-electron chi connectivity index (χ0n) is 10.1. The van der Waals surface area contributed by atoms with Gasteiger partial charge >= 0.3 is 11.2 Å². The first-order valence-corrected chi connectivity index (χ1v) is 5.97. The predicted molar refractivity (Wildman–Crippen MR) is 73.1 cm³/mol. The van der Waals surface area contributed by atoms with Crippen molar-refractivity contribution < 1.29 is 4.42 Å². The zero-order chi connectivity index (χ0) is 13.1. The quantitative estimate of drug-likeness (QED) is 0.451. The van der Waals surface area contributed by atoms with Crippen molar-refractivity contribution in [2.45, 2.75) is 6.92 Å². The molecule has 0 aliphatic carbocycles. The molecule has 4 heteroatoms. The first-order chi connectivity index (χ1) is 9.16. The lowest BCUT2D eigenvalue weighted by Gasteiger charge is -1.97. The predicted octanol–water partition coefficient (Wildman–Crippen LogP) is 2.31. The molecule has 0 amide bonds. The average Bonchev–Trinajstić information content (AvgIpc) is 2.72. The van der Waals surface area contributed by atoms with Crippen molar-refractivity contribution in [3.63, 3.8) is 0 Å². The minimum Gasteiger partial charge on any atom is -0.417 e. The lowest BCUT2D eigenvalue weighted by atomic mass is 10.1. The van der Waals surface area contributed by atoms with E-state index in [0.29, 0.717) is 11.1 Å². The molecule has 4 nitrogen and oxygen atoms in total. The van der Waals surface area contributed by atoms with Crippen molar-refractivity contribution in [3.8, 4) is 0 Å². The van der Waals surface area contributed by atoms with Gasteiger partial charge in [-0.25, -0.2) is 4.79 Å². The number of aromatic nitrogens is 1. The Balaban J connectivity index is 2.54. The summed E-state index contributed by atoms with van der Waals surface area (Å²) >= 11 is 0. The Morgan fingerprint density at radius 2 is 1.89 bits per heavy atom. The van der Waals surface area contributed by atoms with E-state index in [2.05, 4.69) is 0 Å². The molecule has 0 saturated heterocycles. The molecule has 0 aliphatic rings. The first-order valence-electron chi connectivity index (χ1n) is 5.97. The fraction of sp³-hybridized carbons (Fsp3) is 0.0667. The molecule has 19 heavy (non-hydrogen) atoms. The number of hydrogen-bond donors (Lipinski definition) is 0. The number of para-hydroxylation sites is 1. The molecule has 0 fully saturated rings. The summed E-state index contributed by atoms with van der Waals surface area (Å²) in [5.41, 5.74) is 1.50. The van der Waals surface area contributed by atoms with Crippen LogP contribution in [0, 0.1) is 6.92 Å². The summed E-state index contributed by atoms with van der Waals surface area (Å²) in [6.45, 7) is 2.00. The molecule has 2 aromatic heterocycles. The SMILES string of the molecule is Cc1ccc2c(c1)c1cccc3oc(=O)c(=O)n2c31. The number of aryl methyl sites for hydroxylation is 1. The normalized spacial score (nSPS) is 11.8. The van der Waals surface area contributed by atoms with Crippen LogP contribution in [0.25, 0.3) is 27.4 Å². The van der Waals surface area contributed by atoms with Gasteiger partial charge in [-0.15, -0.1) is 0 Å². The molecule has 0 radical (unpaired) electrons. The van der Waals surface area contributed by atoms with Crippen LogP contribution in [0.15, 0.2) is 50.4 Å². The summed E-state index contributed by atoms with van der Waals surface area (Å²) < 4.78 is 6.52. The van der Waals surface area contributed by atoms with E-state index in [0.717, 1.165) is 21.9 Å². The van der Waals surface area contributed by atoms with Gasteiger partial charge in [0, 0.05) is 10.8 Å². The van der Waals surface area contributed by atoms with E-state index in [1.807, 2.05) is 37.3 Å². The van der Waals surface area contributed by atoms with E-state index in [9.17, 15) is 9.59 Å². The second-order valence-corrected chi connectivity index (χ2v) is 4.70. The molecule has 92 valence electrons. The Hall–Kier alpha value is -2.62. The third-order valence-electron chi connectivity index (χ3n) is 3.49. The fourth-order valence-electron chi connectivity index (χ4n) is 2.68. The van der Waals surface area contributed by atoms with Crippen molar-refractivity contribution in [2.24, 2.45) is 0 Å². The van der Waals surface area contributed by atoms with Crippen molar-refractivity contribution in [1.82, 2.24) is 4.40 Å². The minimum atomic E-state index is -0.835. The van der Waals surface area contributed by atoms with Gasteiger partial charge in [0.15, 0.2) is 5.58 Å². The van der Waals surface area contributed by atoms with Gasteiger partial charge < -0.3 is 4.42 Å². The average molecular weight is 251 g/mol. The number of rotatable bonds is 0. The van der Waals surface area contributed by atoms with E-state index >= 15 is 0 Å². The van der Waals surface area contributed by atoms with Gasteiger partial charge in [0.1, 0.15) is 5.52 Å². The highest BCUT2D eigenvalue weighted by Crippen LogP contribution is 2.30. The smallest absolute Gasteiger partial charge is 0.403 e. The highest BCUT2D eigenvalue weighted by Gasteiger charge is 2.16. The Morgan fingerprint density at radius 1 is 1.05 bits per heavy atom.